The number of halogens is 3. The molecule has 0 saturated heterocycles. The van der Waals surface area contributed by atoms with Crippen molar-refractivity contribution in [2.24, 2.45) is 7.05 Å². The summed E-state index contributed by atoms with van der Waals surface area (Å²) < 4.78 is 45.0. The third-order valence-corrected chi connectivity index (χ3v) is 5.66. The van der Waals surface area contributed by atoms with Gasteiger partial charge in [-0.3, -0.25) is 14.3 Å². The molecule has 160 valence electrons. The number of carbonyl (C=O) groups is 2. The molecule has 30 heavy (non-hydrogen) atoms. The molecule has 0 radical (unpaired) electrons. The first kappa shape index (κ1) is 21.8. The molecule has 0 unspecified atom stereocenters. The van der Waals surface area contributed by atoms with Crippen LogP contribution in [0.2, 0.25) is 0 Å². The van der Waals surface area contributed by atoms with Crippen LogP contribution < -0.4 is 0 Å². The lowest BCUT2D eigenvalue weighted by molar-refractivity contribution is -0.144. The van der Waals surface area contributed by atoms with Crippen LogP contribution >= 0.6 is 11.3 Å². The number of benzene rings is 1. The zero-order valence-electron chi connectivity index (χ0n) is 16.6. The van der Waals surface area contributed by atoms with Crippen LogP contribution in [0.4, 0.5) is 13.2 Å². The van der Waals surface area contributed by atoms with Crippen molar-refractivity contribution in [2.75, 3.05) is 13.2 Å². The summed E-state index contributed by atoms with van der Waals surface area (Å²) in [6, 6.07) is 6.23. The molecule has 0 aliphatic carbocycles. The summed E-state index contributed by atoms with van der Waals surface area (Å²) >= 11 is 1.25. The van der Waals surface area contributed by atoms with Crippen LogP contribution in [0.25, 0.3) is 10.2 Å². The quantitative estimate of drug-likeness (QED) is 0.541. The molecule has 0 saturated carbocycles. The SMILES string of the molecule is CCOC(=O)CN(Cc1ccc(C(F)(F)F)cc1)C(=O)c1cc2c(C)nn(C)c2s1. The van der Waals surface area contributed by atoms with Crippen molar-refractivity contribution in [2.45, 2.75) is 26.6 Å². The molecule has 0 fully saturated rings. The summed E-state index contributed by atoms with van der Waals surface area (Å²) in [7, 11) is 1.78. The summed E-state index contributed by atoms with van der Waals surface area (Å²) in [4.78, 5) is 27.7. The zero-order valence-corrected chi connectivity index (χ0v) is 17.4. The highest BCUT2D eigenvalue weighted by atomic mass is 32.1. The van der Waals surface area contributed by atoms with Gasteiger partial charge in [-0.1, -0.05) is 12.1 Å². The van der Waals surface area contributed by atoms with Gasteiger partial charge in [-0.05, 0) is 37.6 Å². The lowest BCUT2D eigenvalue weighted by atomic mass is 10.1. The topological polar surface area (TPSA) is 64.4 Å². The van der Waals surface area contributed by atoms with E-state index in [1.54, 1.807) is 24.7 Å². The number of nitrogens with zero attached hydrogens (tertiary/aromatic N) is 3. The van der Waals surface area contributed by atoms with E-state index in [2.05, 4.69) is 5.10 Å². The van der Waals surface area contributed by atoms with Gasteiger partial charge in [0.1, 0.15) is 11.4 Å². The van der Waals surface area contributed by atoms with Gasteiger partial charge in [0, 0.05) is 19.0 Å². The number of thiophene rings is 1. The Balaban J connectivity index is 1.88. The van der Waals surface area contributed by atoms with Crippen molar-refractivity contribution in [3.63, 3.8) is 0 Å². The van der Waals surface area contributed by atoms with Crippen molar-refractivity contribution in [3.05, 3.63) is 52.0 Å². The third kappa shape index (κ3) is 4.64. The molecule has 0 N–H and O–H groups in total. The van der Waals surface area contributed by atoms with E-state index in [-0.39, 0.29) is 19.7 Å². The molecule has 6 nitrogen and oxygen atoms in total. The van der Waals surface area contributed by atoms with Crippen LogP contribution in [0.3, 0.4) is 0 Å². The Morgan fingerprint density at radius 2 is 1.90 bits per heavy atom. The highest BCUT2D eigenvalue weighted by Gasteiger charge is 2.30. The van der Waals surface area contributed by atoms with E-state index in [0.29, 0.717) is 10.4 Å². The van der Waals surface area contributed by atoms with Crippen LogP contribution in [-0.4, -0.2) is 39.7 Å². The zero-order chi connectivity index (χ0) is 22.1. The molecule has 2 aromatic heterocycles. The number of carbonyl (C=O) groups excluding carboxylic acids is 2. The summed E-state index contributed by atoms with van der Waals surface area (Å²) in [5.41, 5.74) is 0.476. The second-order valence-electron chi connectivity index (χ2n) is 6.70. The molecular weight excluding hydrogens is 419 g/mol. The smallest absolute Gasteiger partial charge is 0.416 e. The number of aromatic nitrogens is 2. The van der Waals surface area contributed by atoms with Crippen LogP contribution in [0, 0.1) is 6.92 Å². The summed E-state index contributed by atoms with van der Waals surface area (Å²) in [6.07, 6.45) is -4.44. The molecule has 0 atom stereocenters. The van der Waals surface area contributed by atoms with Gasteiger partial charge < -0.3 is 9.64 Å². The van der Waals surface area contributed by atoms with Crippen molar-refractivity contribution < 1.29 is 27.5 Å². The van der Waals surface area contributed by atoms with E-state index >= 15 is 0 Å². The van der Waals surface area contributed by atoms with Gasteiger partial charge >= 0.3 is 12.1 Å². The number of rotatable bonds is 6. The van der Waals surface area contributed by atoms with Crippen molar-refractivity contribution in [1.29, 1.82) is 0 Å². The number of hydrogen-bond donors (Lipinski definition) is 0. The maximum atomic E-state index is 13.1. The lowest BCUT2D eigenvalue weighted by Gasteiger charge is -2.21. The van der Waals surface area contributed by atoms with E-state index in [0.717, 1.165) is 28.0 Å². The monoisotopic (exact) mass is 439 g/mol. The average Bonchev–Trinajstić information content (AvgIpc) is 3.22. The average molecular weight is 439 g/mol. The number of amides is 1. The molecular formula is C20H20F3N3O3S. The summed E-state index contributed by atoms with van der Waals surface area (Å²) in [5.74, 6) is -0.986. The first-order valence-corrected chi connectivity index (χ1v) is 9.96. The van der Waals surface area contributed by atoms with E-state index in [4.69, 9.17) is 4.74 Å². The second kappa shape index (κ2) is 8.47. The minimum Gasteiger partial charge on any atom is -0.465 e. The van der Waals surface area contributed by atoms with Crippen molar-refractivity contribution >= 4 is 33.4 Å². The normalized spacial score (nSPS) is 11.7. The van der Waals surface area contributed by atoms with Gasteiger partial charge in [-0.15, -0.1) is 11.3 Å². The molecule has 10 heteroatoms. The minimum atomic E-state index is -4.44. The molecule has 1 amide bonds. The van der Waals surface area contributed by atoms with Gasteiger partial charge in [0.2, 0.25) is 0 Å². The Hall–Kier alpha value is -2.88. The fourth-order valence-electron chi connectivity index (χ4n) is 3.05. The van der Waals surface area contributed by atoms with Crippen LogP contribution in [-0.2, 0) is 29.3 Å². The van der Waals surface area contributed by atoms with E-state index < -0.39 is 23.6 Å². The number of aryl methyl sites for hydroxylation is 2. The molecule has 3 rings (SSSR count). The molecule has 2 heterocycles. The largest absolute Gasteiger partial charge is 0.465 e. The van der Waals surface area contributed by atoms with Crippen molar-refractivity contribution in [1.82, 2.24) is 14.7 Å². The molecule has 1 aromatic carbocycles. The number of alkyl halides is 3. The highest BCUT2D eigenvalue weighted by Crippen LogP contribution is 2.30. The van der Waals surface area contributed by atoms with Gasteiger partial charge in [0.25, 0.3) is 5.91 Å². The predicted molar refractivity (Wildman–Crippen MR) is 106 cm³/mol. The molecule has 0 aliphatic heterocycles. The molecule has 0 spiro atoms. The van der Waals surface area contributed by atoms with E-state index in [1.165, 1.54) is 28.4 Å². The number of hydrogen-bond acceptors (Lipinski definition) is 5. The van der Waals surface area contributed by atoms with Crippen LogP contribution in [0.1, 0.15) is 33.4 Å². The first-order valence-electron chi connectivity index (χ1n) is 9.14. The van der Waals surface area contributed by atoms with Gasteiger partial charge in [-0.2, -0.15) is 18.3 Å². The third-order valence-electron chi connectivity index (χ3n) is 4.47. The fraction of sp³-hybridized carbons (Fsp3) is 0.350. The number of ether oxygens (including phenoxy) is 1. The highest BCUT2D eigenvalue weighted by molar-refractivity contribution is 7.20. The molecule has 0 aliphatic rings. The predicted octanol–water partition coefficient (Wildman–Crippen LogP) is 4.17. The van der Waals surface area contributed by atoms with Crippen molar-refractivity contribution in [3.8, 4) is 0 Å². The standard InChI is InChI=1S/C20H20F3N3O3S/c1-4-29-17(27)11-26(10-13-5-7-14(8-6-13)20(21,22)23)18(28)16-9-15-12(2)24-25(3)19(15)30-16/h5-9H,4,10-11H2,1-3H3. The maximum Gasteiger partial charge on any atom is 0.416 e. The van der Waals surface area contributed by atoms with Crippen LogP contribution in [0.5, 0.6) is 0 Å². The van der Waals surface area contributed by atoms with Gasteiger partial charge in [-0.25, -0.2) is 0 Å². The molecule has 3 aromatic rings. The van der Waals surface area contributed by atoms with Gasteiger partial charge in [0.05, 0.1) is 22.7 Å². The lowest BCUT2D eigenvalue weighted by Crippen LogP contribution is -2.35. The maximum absolute atomic E-state index is 13.1. The Kier molecular flexibility index (Phi) is 6.16. The number of esters is 1. The Bertz CT molecular complexity index is 1040. The Labute approximate surface area is 174 Å². The number of fused-ring (bicyclic) bond motifs is 1. The summed E-state index contributed by atoms with van der Waals surface area (Å²) in [5, 5.41) is 5.14. The van der Waals surface area contributed by atoms with E-state index in [1.807, 2.05) is 6.92 Å². The Morgan fingerprint density at radius 3 is 2.47 bits per heavy atom. The van der Waals surface area contributed by atoms with Crippen LogP contribution in [0.15, 0.2) is 30.3 Å². The fourth-order valence-corrected chi connectivity index (χ4v) is 4.14. The Morgan fingerprint density at radius 1 is 1.23 bits per heavy atom. The summed E-state index contributed by atoms with van der Waals surface area (Å²) in [6.45, 7) is 3.32. The van der Waals surface area contributed by atoms with E-state index in [9.17, 15) is 22.8 Å². The van der Waals surface area contributed by atoms with Gasteiger partial charge in [0.15, 0.2) is 0 Å². The second-order valence-corrected chi connectivity index (χ2v) is 7.73. The first-order chi connectivity index (χ1) is 14.1. The molecule has 0 bridgehead atoms. The minimum absolute atomic E-state index is 0.0265.